The van der Waals surface area contributed by atoms with Crippen molar-refractivity contribution >= 4 is 29.0 Å². The van der Waals surface area contributed by atoms with Crippen LogP contribution in [0.25, 0.3) is 0 Å². The molecule has 0 unspecified atom stereocenters. The first-order chi connectivity index (χ1) is 11.9. The van der Waals surface area contributed by atoms with Crippen molar-refractivity contribution in [3.63, 3.8) is 0 Å². The number of aryl methyl sites for hydroxylation is 2. The number of halogens is 1. The van der Waals surface area contributed by atoms with E-state index in [2.05, 4.69) is 27.1 Å². The van der Waals surface area contributed by atoms with E-state index in [0.29, 0.717) is 22.2 Å². The molecule has 1 N–H and O–H groups in total. The second-order valence-electron chi connectivity index (χ2n) is 6.74. The number of aromatic nitrogens is 2. The molecule has 3 rings (SSSR count). The van der Waals surface area contributed by atoms with E-state index in [9.17, 15) is 4.79 Å². The van der Waals surface area contributed by atoms with Gasteiger partial charge in [-0.1, -0.05) is 24.6 Å². The Morgan fingerprint density at radius 1 is 1.20 bits per heavy atom. The fraction of sp³-hybridized carbons (Fsp3) is 0.421. The second-order valence-corrected chi connectivity index (χ2v) is 7.18. The molecule has 1 saturated heterocycles. The SMILES string of the molecule is Cc1nc(C(=O)Nc2cc(Cl)ccc2C)cc(N2CCC(C)CC2)n1. The van der Waals surface area contributed by atoms with Crippen molar-refractivity contribution in [3.8, 4) is 0 Å². The highest BCUT2D eigenvalue weighted by molar-refractivity contribution is 6.31. The summed E-state index contributed by atoms with van der Waals surface area (Å²) in [5.74, 6) is 1.92. The zero-order valence-corrected chi connectivity index (χ0v) is 15.6. The molecule has 6 heteroatoms. The third kappa shape index (κ3) is 4.28. The smallest absolute Gasteiger partial charge is 0.274 e. The van der Waals surface area contributed by atoms with Gasteiger partial charge in [-0.15, -0.1) is 0 Å². The predicted octanol–water partition coefficient (Wildman–Crippen LogP) is 4.24. The fourth-order valence-corrected chi connectivity index (χ4v) is 3.16. The van der Waals surface area contributed by atoms with E-state index in [4.69, 9.17) is 11.6 Å². The lowest BCUT2D eigenvalue weighted by Crippen LogP contribution is -2.34. The minimum Gasteiger partial charge on any atom is -0.356 e. The molecule has 1 aromatic carbocycles. The van der Waals surface area contributed by atoms with Gasteiger partial charge in [0.2, 0.25) is 0 Å². The van der Waals surface area contributed by atoms with E-state index in [-0.39, 0.29) is 5.91 Å². The number of carbonyl (C=O) groups is 1. The third-order valence-electron chi connectivity index (χ3n) is 4.61. The number of rotatable bonds is 3. The summed E-state index contributed by atoms with van der Waals surface area (Å²) in [6.45, 7) is 7.95. The van der Waals surface area contributed by atoms with E-state index in [1.54, 1.807) is 18.2 Å². The molecule has 1 aromatic heterocycles. The average Bonchev–Trinajstić information content (AvgIpc) is 2.58. The Morgan fingerprint density at radius 2 is 1.92 bits per heavy atom. The van der Waals surface area contributed by atoms with E-state index in [1.807, 2.05) is 19.9 Å². The van der Waals surface area contributed by atoms with Crippen LogP contribution in [0.5, 0.6) is 0 Å². The maximum atomic E-state index is 12.7. The highest BCUT2D eigenvalue weighted by Gasteiger charge is 2.19. The van der Waals surface area contributed by atoms with Gasteiger partial charge >= 0.3 is 0 Å². The Bertz CT molecular complexity index is 785. The van der Waals surface area contributed by atoms with Crippen LogP contribution in [0, 0.1) is 19.8 Å². The van der Waals surface area contributed by atoms with Crippen molar-refractivity contribution in [2.75, 3.05) is 23.3 Å². The summed E-state index contributed by atoms with van der Waals surface area (Å²) in [6, 6.07) is 7.20. The van der Waals surface area contributed by atoms with Crippen LogP contribution in [0.1, 0.15) is 41.6 Å². The molecule has 1 aliphatic rings. The largest absolute Gasteiger partial charge is 0.356 e. The van der Waals surface area contributed by atoms with Crippen molar-refractivity contribution in [1.82, 2.24) is 9.97 Å². The molecule has 0 spiro atoms. The van der Waals surface area contributed by atoms with Gasteiger partial charge in [0.1, 0.15) is 17.3 Å². The molecule has 1 fully saturated rings. The first-order valence-corrected chi connectivity index (χ1v) is 8.98. The lowest BCUT2D eigenvalue weighted by Gasteiger charge is -2.31. The monoisotopic (exact) mass is 358 g/mol. The topological polar surface area (TPSA) is 58.1 Å². The van der Waals surface area contributed by atoms with Gasteiger partial charge < -0.3 is 10.2 Å². The Morgan fingerprint density at radius 3 is 2.64 bits per heavy atom. The summed E-state index contributed by atoms with van der Waals surface area (Å²) < 4.78 is 0. The number of piperidine rings is 1. The molecule has 1 aliphatic heterocycles. The first kappa shape index (κ1) is 17.7. The standard InChI is InChI=1S/C19H23ClN4O/c1-12-6-8-24(9-7-12)18-11-17(21-14(3)22-18)19(25)23-16-10-15(20)5-4-13(16)2/h4-5,10-12H,6-9H2,1-3H3,(H,23,25). The quantitative estimate of drug-likeness (QED) is 0.891. The molecule has 2 heterocycles. The van der Waals surface area contributed by atoms with Gasteiger partial charge in [-0.2, -0.15) is 0 Å². The normalized spacial score (nSPS) is 15.3. The van der Waals surface area contributed by atoms with E-state index in [0.717, 1.165) is 43.2 Å². The van der Waals surface area contributed by atoms with E-state index >= 15 is 0 Å². The molecule has 2 aromatic rings. The third-order valence-corrected chi connectivity index (χ3v) is 4.85. The number of nitrogens with zero attached hydrogens (tertiary/aromatic N) is 3. The predicted molar refractivity (Wildman–Crippen MR) is 102 cm³/mol. The molecular formula is C19H23ClN4O. The molecule has 0 atom stereocenters. The van der Waals surface area contributed by atoms with E-state index < -0.39 is 0 Å². The van der Waals surface area contributed by atoms with Crippen LogP contribution in [0.4, 0.5) is 11.5 Å². The highest BCUT2D eigenvalue weighted by Crippen LogP contribution is 2.23. The van der Waals surface area contributed by atoms with Crippen LogP contribution >= 0.6 is 11.6 Å². The maximum Gasteiger partial charge on any atom is 0.274 e. The lowest BCUT2D eigenvalue weighted by molar-refractivity contribution is 0.102. The molecule has 5 nitrogen and oxygen atoms in total. The zero-order valence-electron chi connectivity index (χ0n) is 14.8. The minimum absolute atomic E-state index is 0.248. The Balaban J connectivity index is 1.82. The van der Waals surface area contributed by atoms with E-state index in [1.165, 1.54) is 0 Å². The van der Waals surface area contributed by atoms with Crippen molar-refractivity contribution in [2.45, 2.75) is 33.6 Å². The van der Waals surface area contributed by atoms with Gasteiger partial charge in [0.15, 0.2) is 0 Å². The number of hydrogen-bond acceptors (Lipinski definition) is 4. The summed E-state index contributed by atoms with van der Waals surface area (Å²) in [6.07, 6.45) is 2.29. The van der Waals surface area contributed by atoms with Gasteiger partial charge in [0.25, 0.3) is 5.91 Å². The molecule has 0 saturated carbocycles. The van der Waals surface area contributed by atoms with Crippen molar-refractivity contribution < 1.29 is 4.79 Å². The van der Waals surface area contributed by atoms with Crippen LogP contribution in [0.3, 0.4) is 0 Å². The molecule has 0 aliphatic carbocycles. The first-order valence-electron chi connectivity index (χ1n) is 8.60. The summed E-state index contributed by atoms with van der Waals surface area (Å²) in [5.41, 5.74) is 2.02. The number of anilines is 2. The zero-order chi connectivity index (χ0) is 18.0. The highest BCUT2D eigenvalue weighted by atomic mass is 35.5. The Labute approximate surface area is 153 Å². The Kier molecular flexibility index (Phi) is 5.23. The van der Waals surface area contributed by atoms with Gasteiger partial charge in [0.05, 0.1) is 0 Å². The van der Waals surface area contributed by atoms with Crippen LogP contribution in [0.2, 0.25) is 5.02 Å². The summed E-state index contributed by atoms with van der Waals surface area (Å²) >= 11 is 6.03. The van der Waals surface area contributed by atoms with Crippen LogP contribution in [-0.4, -0.2) is 29.0 Å². The van der Waals surface area contributed by atoms with Crippen molar-refractivity contribution in [2.24, 2.45) is 5.92 Å². The molecule has 0 bridgehead atoms. The number of amides is 1. The minimum atomic E-state index is -0.248. The number of hydrogen-bond donors (Lipinski definition) is 1. The Hall–Kier alpha value is -2.14. The lowest BCUT2D eigenvalue weighted by atomic mass is 9.99. The number of benzene rings is 1. The van der Waals surface area contributed by atoms with Crippen molar-refractivity contribution in [3.05, 3.63) is 46.4 Å². The second kappa shape index (κ2) is 7.40. The maximum absolute atomic E-state index is 12.7. The number of nitrogens with one attached hydrogen (secondary N) is 1. The van der Waals surface area contributed by atoms with Crippen LogP contribution < -0.4 is 10.2 Å². The summed E-state index contributed by atoms with van der Waals surface area (Å²) in [7, 11) is 0. The van der Waals surface area contributed by atoms with Gasteiger partial charge in [0, 0.05) is 29.9 Å². The molecule has 25 heavy (non-hydrogen) atoms. The summed E-state index contributed by atoms with van der Waals surface area (Å²) in [4.78, 5) is 23.7. The van der Waals surface area contributed by atoms with Crippen molar-refractivity contribution in [1.29, 1.82) is 0 Å². The molecule has 1 amide bonds. The van der Waals surface area contributed by atoms with Gasteiger partial charge in [-0.3, -0.25) is 4.79 Å². The molecule has 0 radical (unpaired) electrons. The van der Waals surface area contributed by atoms with Crippen LogP contribution in [0.15, 0.2) is 24.3 Å². The van der Waals surface area contributed by atoms with Gasteiger partial charge in [-0.25, -0.2) is 9.97 Å². The molecule has 132 valence electrons. The molecular weight excluding hydrogens is 336 g/mol. The fourth-order valence-electron chi connectivity index (χ4n) is 2.98. The van der Waals surface area contributed by atoms with Crippen LogP contribution in [-0.2, 0) is 0 Å². The summed E-state index contributed by atoms with van der Waals surface area (Å²) in [5, 5.41) is 3.49. The van der Waals surface area contributed by atoms with Gasteiger partial charge in [-0.05, 0) is 50.3 Å². The average molecular weight is 359 g/mol. The number of carbonyl (C=O) groups excluding carboxylic acids is 1.